The second kappa shape index (κ2) is 8.22. The second-order valence-electron chi connectivity index (χ2n) is 5.92. The van der Waals surface area contributed by atoms with Gasteiger partial charge in [-0.1, -0.05) is 13.8 Å². The first-order valence-corrected chi connectivity index (χ1v) is 18.0. The van der Waals surface area contributed by atoms with Crippen LogP contribution in [-0.4, -0.2) is 53.0 Å². The van der Waals surface area contributed by atoms with Crippen molar-refractivity contribution in [3.8, 4) is 0 Å². The molecule has 0 bridgehead atoms. The van der Waals surface area contributed by atoms with E-state index in [1.807, 2.05) is 0 Å². The number of nitrogens with zero attached hydrogens (tertiary/aromatic N) is 1. The Hall–Kier alpha value is 0.708. The maximum absolute atomic E-state index is 6.52. The molecule has 0 aliphatic heterocycles. The zero-order valence-corrected chi connectivity index (χ0v) is 18.6. The molecule has 0 saturated carbocycles. The van der Waals surface area contributed by atoms with Gasteiger partial charge in [0.2, 0.25) is 0 Å². The van der Waals surface area contributed by atoms with Crippen LogP contribution in [-0.2, 0) is 12.3 Å². The Morgan fingerprint density at radius 3 is 1.47 bits per heavy atom. The predicted octanol–water partition coefficient (Wildman–Crippen LogP) is 2.62. The summed E-state index contributed by atoms with van der Waals surface area (Å²) < 4.78 is 21.4. The van der Waals surface area contributed by atoms with Gasteiger partial charge in [-0.15, -0.1) is 0 Å². The van der Waals surface area contributed by atoms with Crippen LogP contribution in [0.4, 0.5) is 0 Å². The van der Waals surface area contributed by atoms with Gasteiger partial charge in [-0.05, 0) is 52.4 Å². The molecule has 0 aliphatic rings. The Labute approximate surface area is 125 Å². The van der Waals surface area contributed by atoms with E-state index in [2.05, 4.69) is 64.2 Å². The number of hydrogen-bond acceptors (Lipinski definition) is 4. The van der Waals surface area contributed by atoms with E-state index < -0.39 is 35.4 Å². The Morgan fingerprint density at radius 2 is 1.21 bits per heavy atom. The van der Waals surface area contributed by atoms with Gasteiger partial charge >= 0.3 is 8.80 Å². The van der Waals surface area contributed by atoms with Crippen LogP contribution < -0.4 is 0 Å². The molecule has 0 N–H and O–H groups in total. The van der Waals surface area contributed by atoms with Gasteiger partial charge in [0.1, 0.15) is 0 Å². The van der Waals surface area contributed by atoms with Crippen molar-refractivity contribution in [2.45, 2.75) is 59.7 Å². The highest BCUT2D eigenvalue weighted by Gasteiger charge is 2.44. The largest absolute Gasteiger partial charge is 0.466 e. The third-order valence-electron chi connectivity index (χ3n) is 2.86. The summed E-state index contributed by atoms with van der Waals surface area (Å²) in [6.45, 7) is 21.8. The molecule has 0 saturated heterocycles. The van der Waals surface area contributed by atoms with Crippen LogP contribution in [0.25, 0.3) is 0 Å². The highest BCUT2D eigenvalue weighted by Crippen LogP contribution is 2.21. The summed E-state index contributed by atoms with van der Waals surface area (Å²) in [4.78, 5) is 0. The average molecular weight is 340 g/mol. The number of rotatable bonds is 9. The lowest BCUT2D eigenvalue weighted by Gasteiger charge is -2.42. The van der Waals surface area contributed by atoms with Gasteiger partial charge in [-0.2, -0.15) is 0 Å². The molecule has 19 heavy (non-hydrogen) atoms. The Morgan fingerprint density at radius 1 is 0.842 bits per heavy atom. The van der Waals surface area contributed by atoms with Crippen LogP contribution in [0, 0.1) is 0 Å². The normalized spacial score (nSPS) is 13.9. The first kappa shape index (κ1) is 19.7. The molecule has 0 aromatic carbocycles. The van der Waals surface area contributed by atoms with Gasteiger partial charge in [0.05, 0.1) is 0 Å². The maximum atomic E-state index is 6.52. The first-order chi connectivity index (χ1) is 8.56. The third kappa shape index (κ3) is 7.32. The fraction of sp³-hybridized carbons (Fsp3) is 1.00. The highest BCUT2D eigenvalue weighted by molar-refractivity contribution is 6.83. The van der Waals surface area contributed by atoms with Crippen molar-refractivity contribution < 1.29 is 12.3 Å². The zero-order chi connectivity index (χ0) is 15.3. The summed E-state index contributed by atoms with van der Waals surface area (Å²) in [6, 6.07) is 0. The van der Waals surface area contributed by atoms with Gasteiger partial charge < -0.3 is 16.9 Å². The van der Waals surface area contributed by atoms with Crippen LogP contribution in [0.2, 0.25) is 45.8 Å². The van der Waals surface area contributed by atoms with Crippen molar-refractivity contribution in [1.82, 2.24) is 4.57 Å². The third-order valence-corrected chi connectivity index (χ3v) is 15.7. The molecule has 0 aromatic rings. The standard InChI is InChI=1S/C11H33NO3Si4/c1-10-12(11-2)18(7,8)15-19(9,13-16(3)4)14-17(5)6/h16-17H,10-11H2,1-9H3. The first-order valence-electron chi connectivity index (χ1n) is 7.37. The maximum Gasteiger partial charge on any atom is 0.466 e. The van der Waals surface area contributed by atoms with Crippen molar-refractivity contribution in [3.63, 3.8) is 0 Å². The summed E-state index contributed by atoms with van der Waals surface area (Å²) in [5.74, 6) is 0. The molecule has 0 amide bonds. The van der Waals surface area contributed by atoms with Crippen LogP contribution in [0.1, 0.15) is 13.8 Å². The summed E-state index contributed by atoms with van der Waals surface area (Å²) in [6.07, 6.45) is 0. The van der Waals surface area contributed by atoms with Crippen LogP contribution in [0.15, 0.2) is 0 Å². The summed E-state index contributed by atoms with van der Waals surface area (Å²) >= 11 is 0. The van der Waals surface area contributed by atoms with Gasteiger partial charge in [0.15, 0.2) is 18.1 Å². The SMILES string of the molecule is CCN(CC)[Si](C)(C)O[Si](C)(O[SiH](C)C)O[SiH](C)C. The number of hydrogen-bond donors (Lipinski definition) is 0. The molecule has 0 heterocycles. The average Bonchev–Trinajstić information content (AvgIpc) is 2.13. The Balaban J connectivity index is 4.98. The van der Waals surface area contributed by atoms with Crippen molar-refractivity contribution in [3.05, 3.63) is 0 Å². The molecule has 0 aromatic heterocycles. The zero-order valence-electron chi connectivity index (χ0n) is 14.2. The van der Waals surface area contributed by atoms with Crippen LogP contribution in [0.3, 0.4) is 0 Å². The van der Waals surface area contributed by atoms with E-state index in [1.54, 1.807) is 0 Å². The van der Waals surface area contributed by atoms with Crippen LogP contribution in [0.5, 0.6) is 0 Å². The van der Waals surface area contributed by atoms with Crippen molar-refractivity contribution in [1.29, 1.82) is 0 Å². The van der Waals surface area contributed by atoms with Crippen molar-refractivity contribution in [2.75, 3.05) is 13.1 Å². The summed E-state index contributed by atoms with van der Waals surface area (Å²) in [5, 5.41) is 0. The fourth-order valence-electron chi connectivity index (χ4n) is 2.44. The quantitative estimate of drug-likeness (QED) is 0.604. The molecule has 0 spiro atoms. The van der Waals surface area contributed by atoms with Crippen LogP contribution >= 0.6 is 0 Å². The summed E-state index contributed by atoms with van der Waals surface area (Å²) in [5.41, 5.74) is 0. The second-order valence-corrected chi connectivity index (χ2v) is 18.1. The molecule has 0 unspecified atom stereocenters. The molecule has 8 heteroatoms. The van der Waals surface area contributed by atoms with Crippen molar-refractivity contribution in [2.24, 2.45) is 0 Å². The molecular formula is C11H33NO3Si4. The molecule has 4 nitrogen and oxygen atoms in total. The minimum Gasteiger partial charge on any atom is -0.420 e. The van der Waals surface area contributed by atoms with Crippen molar-refractivity contribution >= 4 is 35.4 Å². The highest BCUT2D eigenvalue weighted by atomic mass is 28.5. The smallest absolute Gasteiger partial charge is 0.420 e. The molecule has 116 valence electrons. The summed E-state index contributed by atoms with van der Waals surface area (Å²) in [7, 11) is -6.69. The minimum atomic E-state index is -2.46. The van der Waals surface area contributed by atoms with E-state index in [4.69, 9.17) is 12.3 Å². The van der Waals surface area contributed by atoms with E-state index in [-0.39, 0.29) is 0 Å². The van der Waals surface area contributed by atoms with Gasteiger partial charge in [0.25, 0.3) is 8.48 Å². The van der Waals surface area contributed by atoms with E-state index >= 15 is 0 Å². The molecule has 0 radical (unpaired) electrons. The minimum absolute atomic E-state index is 1.03. The van der Waals surface area contributed by atoms with E-state index in [0.29, 0.717) is 0 Å². The molecule has 0 fully saturated rings. The molecule has 0 atom stereocenters. The lowest BCUT2D eigenvalue weighted by Crippen LogP contribution is -2.61. The molecular weight excluding hydrogens is 306 g/mol. The van der Waals surface area contributed by atoms with E-state index in [1.165, 1.54) is 0 Å². The van der Waals surface area contributed by atoms with E-state index in [9.17, 15) is 0 Å². The Bertz CT molecular complexity index is 250. The lowest BCUT2D eigenvalue weighted by atomic mass is 10.7. The van der Waals surface area contributed by atoms with Gasteiger partial charge in [0, 0.05) is 6.55 Å². The van der Waals surface area contributed by atoms with E-state index in [0.717, 1.165) is 13.1 Å². The monoisotopic (exact) mass is 339 g/mol. The molecule has 0 rings (SSSR count). The van der Waals surface area contributed by atoms with Gasteiger partial charge in [-0.3, -0.25) is 0 Å². The molecule has 0 aliphatic carbocycles. The Kier molecular flexibility index (Phi) is 8.53. The topological polar surface area (TPSA) is 30.9 Å². The lowest BCUT2D eigenvalue weighted by molar-refractivity contribution is 0.245. The fourth-order valence-corrected chi connectivity index (χ4v) is 16.9. The predicted molar refractivity (Wildman–Crippen MR) is 93.0 cm³/mol. The van der Waals surface area contributed by atoms with Gasteiger partial charge in [-0.25, -0.2) is 0 Å².